The molecular formula is C49H72N8O6. The highest BCUT2D eigenvalue weighted by atomic mass is 16.5. The Labute approximate surface area is 374 Å². The maximum atomic E-state index is 13.0. The molecule has 5 atom stereocenters. The summed E-state index contributed by atoms with van der Waals surface area (Å²) in [5.41, 5.74) is 10.4. The number of ether oxygens (including phenoxy) is 2. The standard InChI is InChI=1S/C37H44N6O.C6H11NO2.C2H5NO.2C2H6O/c1-22(2)18-33(44)43-17-5-7-32(43)37-39-21-30(41-37)28-15-14-27(34-25-12-13-26(19-25)35(28)34)23-8-10-24(11-9-23)29-20-38-36(40-29)31-6-4-16-42(31)3;1-5(2)6(3-8)7-4-9;1-3-2-4;2*1-3-2/h8-11,14-15,20-22,25-26,31-32H,4-7,12-13,16-19H2,1-3H3,(H,38,40)(H,39,41);3-6H,1-2H3,(H,7,9);2H,1H3,(H,3,4);2*1-2H3/t25?,26?,31-,32?;;;;/m0..../s1. The molecule has 1 saturated carbocycles. The Morgan fingerprint density at radius 1 is 0.762 bits per heavy atom. The number of rotatable bonds is 12. The SMILES string of the molecule is CC(C)C(C=O)NC=O.CC(C)CC(=O)N1CCCC1c1ncc(-c2ccc(-c3ccc(-c4cnc([C@@H]5CCCN5C)[nH]4)cc3)c3c2C2CCC3C2)[nH]1.CNC=O.COC.COC. The molecule has 4 aromatic rings. The quantitative estimate of drug-likeness (QED) is 0.104. The first-order valence-corrected chi connectivity index (χ1v) is 22.3. The summed E-state index contributed by atoms with van der Waals surface area (Å²) < 4.78 is 8.50. The van der Waals surface area contributed by atoms with Crippen molar-refractivity contribution in [3.63, 3.8) is 0 Å². The Bertz CT molecular complexity index is 2030. The number of H-pyrrole nitrogens is 2. The predicted octanol–water partition coefficient (Wildman–Crippen LogP) is 7.82. The third-order valence-corrected chi connectivity index (χ3v) is 12.1. The highest BCUT2D eigenvalue weighted by Crippen LogP contribution is 2.58. The van der Waals surface area contributed by atoms with Crippen LogP contribution < -0.4 is 10.6 Å². The van der Waals surface area contributed by atoms with Crippen molar-refractivity contribution in [3.05, 3.63) is 71.6 Å². The lowest BCUT2D eigenvalue weighted by atomic mass is 9.82. The fourth-order valence-corrected chi connectivity index (χ4v) is 9.17. The number of imidazole rings is 2. The van der Waals surface area contributed by atoms with Gasteiger partial charge < -0.3 is 39.8 Å². The number of aromatic amines is 2. The summed E-state index contributed by atoms with van der Waals surface area (Å²) in [6, 6.07) is 13.8. The number of aldehydes is 1. The summed E-state index contributed by atoms with van der Waals surface area (Å²) in [6.07, 6.45) is 14.7. The summed E-state index contributed by atoms with van der Waals surface area (Å²) in [6.45, 7) is 9.94. The highest BCUT2D eigenvalue weighted by molar-refractivity contribution is 5.80. The number of amides is 3. The number of likely N-dealkylation sites (tertiary alicyclic amines) is 2. The van der Waals surface area contributed by atoms with Crippen molar-refractivity contribution in [2.24, 2.45) is 11.8 Å². The van der Waals surface area contributed by atoms with E-state index >= 15 is 0 Å². The Hall–Kier alpha value is -5.18. The minimum atomic E-state index is -0.331. The van der Waals surface area contributed by atoms with E-state index in [0.717, 1.165) is 55.3 Å². The maximum absolute atomic E-state index is 13.0. The van der Waals surface area contributed by atoms with Crippen molar-refractivity contribution in [2.45, 2.75) is 109 Å². The molecule has 0 radical (unpaired) electrons. The van der Waals surface area contributed by atoms with Crippen molar-refractivity contribution in [2.75, 3.05) is 55.6 Å². The number of hydrogen-bond donors (Lipinski definition) is 4. The molecule has 3 fully saturated rings. The lowest BCUT2D eigenvalue weighted by Crippen LogP contribution is -2.33. The summed E-state index contributed by atoms with van der Waals surface area (Å²) >= 11 is 0. The van der Waals surface area contributed by atoms with Crippen molar-refractivity contribution in [1.82, 2.24) is 40.4 Å². The van der Waals surface area contributed by atoms with Gasteiger partial charge in [0, 0.05) is 54.0 Å². The van der Waals surface area contributed by atoms with Crippen LogP contribution in [0.5, 0.6) is 0 Å². The van der Waals surface area contributed by atoms with E-state index in [9.17, 15) is 14.4 Å². The molecule has 8 rings (SSSR count). The van der Waals surface area contributed by atoms with Gasteiger partial charge in [-0.3, -0.25) is 19.3 Å². The van der Waals surface area contributed by atoms with E-state index in [1.54, 1.807) is 41.1 Å². The molecule has 4 aliphatic rings. The first kappa shape index (κ1) is 50.5. The number of benzene rings is 2. The van der Waals surface area contributed by atoms with E-state index in [1.807, 2.05) is 26.2 Å². The summed E-state index contributed by atoms with van der Waals surface area (Å²) in [5.74, 6) is 4.06. The molecule has 2 bridgehead atoms. The first-order valence-electron chi connectivity index (χ1n) is 22.3. The van der Waals surface area contributed by atoms with Crippen molar-refractivity contribution in [3.8, 4) is 33.6 Å². The molecule has 4 heterocycles. The van der Waals surface area contributed by atoms with Crippen LogP contribution in [0, 0.1) is 11.8 Å². The van der Waals surface area contributed by atoms with E-state index in [-0.39, 0.29) is 23.9 Å². The fraction of sp³-hybridized carbons (Fsp3) is 0.551. The molecule has 0 spiro atoms. The zero-order chi connectivity index (χ0) is 46.1. The highest BCUT2D eigenvalue weighted by Gasteiger charge is 2.41. The van der Waals surface area contributed by atoms with E-state index < -0.39 is 0 Å². The molecule has 2 aromatic carbocycles. The number of aromatic nitrogens is 4. The van der Waals surface area contributed by atoms with Gasteiger partial charge in [0.2, 0.25) is 18.7 Å². The molecule has 344 valence electrons. The zero-order valence-corrected chi connectivity index (χ0v) is 39.2. The van der Waals surface area contributed by atoms with Gasteiger partial charge in [-0.2, -0.15) is 0 Å². The molecular weight excluding hydrogens is 797 g/mol. The average Bonchev–Trinajstić information content (AvgIpc) is 4.14. The lowest BCUT2D eigenvalue weighted by molar-refractivity contribution is -0.133. The van der Waals surface area contributed by atoms with Gasteiger partial charge in [-0.1, -0.05) is 64.1 Å². The average molecular weight is 869 g/mol. The third kappa shape index (κ3) is 13.0. The van der Waals surface area contributed by atoms with Crippen LogP contribution >= 0.6 is 0 Å². The Morgan fingerprint density at radius 2 is 1.29 bits per heavy atom. The predicted molar refractivity (Wildman–Crippen MR) is 249 cm³/mol. The van der Waals surface area contributed by atoms with E-state index in [0.29, 0.717) is 43.0 Å². The van der Waals surface area contributed by atoms with Crippen LogP contribution in [0.2, 0.25) is 0 Å². The number of methoxy groups -OCH3 is 2. The monoisotopic (exact) mass is 869 g/mol. The smallest absolute Gasteiger partial charge is 0.223 e. The van der Waals surface area contributed by atoms with Crippen molar-refractivity contribution < 1.29 is 28.7 Å². The number of carbonyl (C=O) groups is 4. The summed E-state index contributed by atoms with van der Waals surface area (Å²) in [5, 5.41) is 4.63. The second kappa shape index (κ2) is 25.2. The summed E-state index contributed by atoms with van der Waals surface area (Å²) in [7, 11) is 10.3. The van der Waals surface area contributed by atoms with Crippen molar-refractivity contribution in [1.29, 1.82) is 0 Å². The van der Waals surface area contributed by atoms with Gasteiger partial charge in [0.1, 0.15) is 17.9 Å². The molecule has 2 aliphatic heterocycles. The molecule has 2 aliphatic carbocycles. The second-order valence-corrected chi connectivity index (χ2v) is 17.5. The van der Waals surface area contributed by atoms with E-state index in [4.69, 9.17) is 14.8 Å². The minimum absolute atomic E-state index is 0.0577. The molecule has 4 unspecified atom stereocenters. The largest absolute Gasteiger partial charge is 0.388 e. The third-order valence-electron chi connectivity index (χ3n) is 12.1. The van der Waals surface area contributed by atoms with Crippen LogP contribution in [0.1, 0.15) is 126 Å². The van der Waals surface area contributed by atoms with Crippen molar-refractivity contribution >= 4 is 25.0 Å². The number of nitrogens with zero attached hydrogens (tertiary/aromatic N) is 4. The second-order valence-electron chi connectivity index (χ2n) is 17.5. The fourth-order valence-electron chi connectivity index (χ4n) is 9.17. The van der Waals surface area contributed by atoms with Crippen LogP contribution in [-0.2, 0) is 28.7 Å². The topological polar surface area (TPSA) is 175 Å². The van der Waals surface area contributed by atoms with Gasteiger partial charge in [-0.25, -0.2) is 9.97 Å². The first-order chi connectivity index (χ1) is 30.4. The lowest BCUT2D eigenvalue weighted by Gasteiger charge is -2.24. The molecule has 3 amide bonds. The van der Waals surface area contributed by atoms with Gasteiger partial charge in [0.05, 0.1) is 41.9 Å². The van der Waals surface area contributed by atoms with Crippen LogP contribution in [0.4, 0.5) is 0 Å². The van der Waals surface area contributed by atoms with Crippen LogP contribution in [0.25, 0.3) is 33.6 Å². The number of carbonyl (C=O) groups excluding carboxylic acids is 4. The number of hydrogen-bond acceptors (Lipinski definition) is 9. The van der Waals surface area contributed by atoms with Gasteiger partial charge in [0.25, 0.3) is 0 Å². The molecule has 63 heavy (non-hydrogen) atoms. The minimum Gasteiger partial charge on any atom is -0.388 e. The molecule has 2 aromatic heterocycles. The Kier molecular flexibility index (Phi) is 20.2. The van der Waals surface area contributed by atoms with Crippen LogP contribution in [0.3, 0.4) is 0 Å². The van der Waals surface area contributed by atoms with Crippen LogP contribution in [-0.4, -0.2) is 116 Å². The number of nitrogens with one attached hydrogen (secondary N) is 4. The Morgan fingerprint density at radius 3 is 1.81 bits per heavy atom. The van der Waals surface area contributed by atoms with Gasteiger partial charge >= 0.3 is 0 Å². The van der Waals surface area contributed by atoms with E-state index in [1.165, 1.54) is 59.9 Å². The molecule has 14 heteroatoms. The summed E-state index contributed by atoms with van der Waals surface area (Å²) in [4.78, 5) is 63.3. The van der Waals surface area contributed by atoms with Gasteiger partial charge in [-0.15, -0.1) is 0 Å². The van der Waals surface area contributed by atoms with Crippen LogP contribution in [0.15, 0.2) is 48.8 Å². The molecule has 4 N–H and O–H groups in total. The van der Waals surface area contributed by atoms with Gasteiger partial charge in [-0.05, 0) is 110 Å². The van der Waals surface area contributed by atoms with Gasteiger partial charge in [0.15, 0.2) is 0 Å². The molecule has 2 saturated heterocycles. The molecule has 14 nitrogen and oxygen atoms in total. The zero-order valence-electron chi connectivity index (χ0n) is 39.2. The number of fused-ring (bicyclic) bond motifs is 5. The normalized spacial score (nSPS) is 19.9. The Balaban J connectivity index is 0.000000389. The maximum Gasteiger partial charge on any atom is 0.223 e. The van der Waals surface area contributed by atoms with E-state index in [2.05, 4.69) is 97.2 Å².